The molecule has 0 heterocycles. The molecule has 0 bridgehead atoms. The maximum absolute atomic E-state index is 7.47. The molecule has 0 fully saturated rings. The van der Waals surface area contributed by atoms with Crippen LogP contribution in [0, 0.1) is 18.4 Å². The van der Waals surface area contributed by atoms with Crippen LogP contribution in [0.3, 0.4) is 0 Å². The van der Waals surface area contributed by atoms with Crippen LogP contribution >= 0.6 is 0 Å². The van der Waals surface area contributed by atoms with Crippen molar-refractivity contribution in [3.8, 4) is 23.3 Å². The Morgan fingerprint density at radius 2 is 1.65 bits per heavy atom. The number of benzene rings is 1. The quantitative estimate of drug-likeness (QED) is 0.573. The first-order valence-corrected chi connectivity index (χ1v) is 7.71. The highest BCUT2D eigenvalue weighted by Gasteiger charge is 2.44. The van der Waals surface area contributed by atoms with Gasteiger partial charge in [0, 0.05) is 13.8 Å². The second-order valence-electron chi connectivity index (χ2n) is 7.15. The molecule has 23 heavy (non-hydrogen) atoms. The van der Waals surface area contributed by atoms with E-state index in [0.717, 1.165) is 5.56 Å². The summed E-state index contributed by atoms with van der Waals surface area (Å²) in [5, 5.41) is 0. The van der Waals surface area contributed by atoms with E-state index < -0.39 is 11.1 Å². The Morgan fingerprint density at radius 3 is 2.13 bits per heavy atom. The van der Waals surface area contributed by atoms with Crippen molar-refractivity contribution in [3.63, 3.8) is 0 Å². The Morgan fingerprint density at radius 1 is 1.04 bits per heavy atom. The molecular weight excluding hydrogens is 286 g/mol. The van der Waals surface area contributed by atoms with Gasteiger partial charge in [0.2, 0.25) is 5.54 Å². The van der Waals surface area contributed by atoms with Gasteiger partial charge in [-0.05, 0) is 52.3 Å². The predicted molar refractivity (Wildman–Crippen MR) is 94.9 cm³/mol. The lowest BCUT2D eigenvalue weighted by Gasteiger charge is -2.33. The third kappa shape index (κ3) is 3.99. The molecule has 0 spiro atoms. The van der Waals surface area contributed by atoms with E-state index in [4.69, 9.17) is 16.0 Å². The van der Waals surface area contributed by atoms with Crippen LogP contribution in [-0.2, 0) is 5.41 Å². The Labute approximate surface area is 140 Å². The topological polar surface area (TPSA) is 22.8 Å². The van der Waals surface area contributed by atoms with Crippen LogP contribution in [0.2, 0.25) is 0 Å². The minimum absolute atomic E-state index is 0.320. The highest BCUT2D eigenvalue weighted by molar-refractivity contribution is 5.47. The van der Waals surface area contributed by atoms with Gasteiger partial charge >= 0.3 is 0 Å². The van der Waals surface area contributed by atoms with Crippen molar-refractivity contribution in [3.05, 3.63) is 35.2 Å². The summed E-state index contributed by atoms with van der Waals surface area (Å²) in [6, 6.07) is 5.85. The lowest BCUT2D eigenvalue weighted by molar-refractivity contribution is 0.165. The Balaban J connectivity index is 3.30. The number of ether oxygens (including phenoxy) is 2. The molecule has 0 aliphatic rings. The van der Waals surface area contributed by atoms with Gasteiger partial charge in [-0.2, -0.15) is 0 Å². The zero-order chi connectivity index (χ0) is 17.9. The predicted octanol–water partition coefficient (Wildman–Crippen LogP) is 4.85. The molecule has 124 valence electrons. The van der Waals surface area contributed by atoms with Crippen LogP contribution < -0.4 is 9.47 Å². The molecule has 0 amide bonds. The second-order valence-corrected chi connectivity index (χ2v) is 7.15. The van der Waals surface area contributed by atoms with Gasteiger partial charge in [0.15, 0.2) is 17.1 Å². The van der Waals surface area contributed by atoms with Gasteiger partial charge in [-0.1, -0.05) is 12.0 Å². The molecule has 1 rings (SSSR count). The van der Waals surface area contributed by atoms with Crippen LogP contribution in [-0.4, -0.2) is 18.2 Å². The van der Waals surface area contributed by atoms with Crippen molar-refractivity contribution in [2.24, 2.45) is 0 Å². The van der Waals surface area contributed by atoms with Gasteiger partial charge < -0.3 is 14.3 Å². The minimum atomic E-state index is -0.588. The molecule has 0 aliphatic carbocycles. The van der Waals surface area contributed by atoms with E-state index >= 15 is 0 Å². The maximum Gasteiger partial charge on any atom is 0.236 e. The largest absolute Gasteiger partial charge is 0.493 e. The summed E-state index contributed by atoms with van der Waals surface area (Å²) < 4.78 is 11.5. The van der Waals surface area contributed by atoms with Crippen LogP contribution in [0.25, 0.3) is 4.85 Å². The van der Waals surface area contributed by atoms with Gasteiger partial charge in [-0.25, -0.2) is 6.57 Å². The van der Waals surface area contributed by atoms with Crippen LogP contribution in [0.1, 0.15) is 54.0 Å². The van der Waals surface area contributed by atoms with Gasteiger partial charge in [0.05, 0.1) is 12.5 Å². The minimum Gasteiger partial charge on any atom is -0.493 e. The Hall–Kier alpha value is -2.13. The smallest absolute Gasteiger partial charge is 0.236 e. The second kappa shape index (κ2) is 6.55. The summed E-state index contributed by atoms with van der Waals surface area (Å²) in [5.41, 5.74) is -0.385. The molecule has 1 aromatic carbocycles. The van der Waals surface area contributed by atoms with Crippen molar-refractivity contribution in [2.45, 2.75) is 65.0 Å². The average Bonchev–Trinajstić information content (AvgIpc) is 2.46. The standard InChI is InChI=1S/C20H27NO2/c1-10-13-18(2,3)23-16-12-11-15(14-17(16)22-9)19(4,5)20(6,7)21-8/h11-12,14H,1-7,9H3. The fourth-order valence-corrected chi connectivity index (χ4v) is 2.24. The summed E-state index contributed by atoms with van der Waals surface area (Å²) in [4.78, 5) is 3.79. The highest BCUT2D eigenvalue weighted by atomic mass is 16.5. The molecule has 3 nitrogen and oxygen atoms in total. The van der Waals surface area contributed by atoms with Gasteiger partial charge in [0.25, 0.3) is 0 Å². The van der Waals surface area contributed by atoms with Crippen LogP contribution in [0.5, 0.6) is 11.5 Å². The van der Waals surface area contributed by atoms with Crippen molar-refractivity contribution in [1.29, 1.82) is 0 Å². The molecule has 0 radical (unpaired) electrons. The Kier molecular flexibility index (Phi) is 5.39. The van der Waals surface area contributed by atoms with Crippen molar-refractivity contribution in [1.82, 2.24) is 0 Å². The molecule has 0 unspecified atom stereocenters. The summed E-state index contributed by atoms with van der Waals surface area (Å²) >= 11 is 0. The van der Waals surface area contributed by atoms with Crippen molar-refractivity contribution >= 4 is 0 Å². The summed E-state index contributed by atoms with van der Waals surface area (Å²) in [7, 11) is 1.62. The highest BCUT2D eigenvalue weighted by Crippen LogP contribution is 2.41. The zero-order valence-corrected chi connectivity index (χ0v) is 15.5. The average molecular weight is 313 g/mol. The summed E-state index contributed by atoms with van der Waals surface area (Å²) in [5.74, 6) is 7.22. The summed E-state index contributed by atoms with van der Waals surface area (Å²) in [6.07, 6.45) is 0. The number of nitrogens with zero attached hydrogens (tertiary/aromatic N) is 1. The molecule has 0 N–H and O–H groups in total. The van der Waals surface area contributed by atoms with E-state index in [2.05, 4.69) is 30.5 Å². The number of rotatable bonds is 5. The third-order valence-corrected chi connectivity index (χ3v) is 4.49. The first-order valence-electron chi connectivity index (χ1n) is 7.71. The van der Waals surface area contributed by atoms with Crippen LogP contribution in [0.15, 0.2) is 18.2 Å². The maximum atomic E-state index is 7.47. The molecule has 1 aromatic rings. The number of hydrogen-bond donors (Lipinski definition) is 0. The molecule has 0 aliphatic heterocycles. The SMILES string of the molecule is [C-]#[N+]C(C)(C)C(C)(C)c1ccc(OC(C)(C)C#CC)c(OC)c1. The Bertz CT molecular complexity index is 667. The molecule has 0 saturated heterocycles. The van der Waals surface area contributed by atoms with Gasteiger partial charge in [0.1, 0.15) is 0 Å². The summed E-state index contributed by atoms with van der Waals surface area (Å²) in [6.45, 7) is 21.2. The van der Waals surface area contributed by atoms with E-state index in [0.29, 0.717) is 11.5 Å². The fraction of sp³-hybridized carbons (Fsp3) is 0.550. The fourth-order valence-electron chi connectivity index (χ4n) is 2.24. The molecule has 3 heteroatoms. The monoisotopic (exact) mass is 313 g/mol. The number of hydrogen-bond acceptors (Lipinski definition) is 2. The molecule has 0 aromatic heterocycles. The van der Waals surface area contributed by atoms with E-state index in [-0.39, 0.29) is 5.41 Å². The van der Waals surface area contributed by atoms with E-state index in [1.165, 1.54) is 0 Å². The third-order valence-electron chi connectivity index (χ3n) is 4.49. The van der Waals surface area contributed by atoms with E-state index in [1.54, 1.807) is 14.0 Å². The molecular formula is C20H27NO2. The molecule has 0 saturated carbocycles. The first-order chi connectivity index (χ1) is 10.5. The van der Waals surface area contributed by atoms with Gasteiger partial charge in [-0.15, -0.1) is 5.92 Å². The molecule has 0 atom stereocenters. The zero-order valence-electron chi connectivity index (χ0n) is 15.5. The van der Waals surface area contributed by atoms with Crippen LogP contribution in [0.4, 0.5) is 0 Å². The van der Waals surface area contributed by atoms with Crippen molar-refractivity contribution < 1.29 is 9.47 Å². The van der Waals surface area contributed by atoms with E-state index in [9.17, 15) is 0 Å². The number of methoxy groups -OCH3 is 1. The van der Waals surface area contributed by atoms with E-state index in [1.807, 2.05) is 45.9 Å². The lowest BCUT2D eigenvalue weighted by Crippen LogP contribution is -2.39. The first kappa shape index (κ1) is 18.9. The lowest BCUT2D eigenvalue weighted by atomic mass is 9.70. The van der Waals surface area contributed by atoms with Gasteiger partial charge in [-0.3, -0.25) is 0 Å². The normalized spacial score (nSPS) is 12.0. The van der Waals surface area contributed by atoms with Crippen molar-refractivity contribution in [2.75, 3.05) is 7.11 Å².